The van der Waals surface area contributed by atoms with Gasteiger partial charge in [0, 0.05) is 6.07 Å². The first kappa shape index (κ1) is 22.4. The van der Waals surface area contributed by atoms with Gasteiger partial charge in [-0.05, 0) is 36.4 Å². The summed E-state index contributed by atoms with van der Waals surface area (Å²) in [6.45, 7) is -3.07. The maximum absolute atomic E-state index is 12.5. The Morgan fingerprint density at radius 2 is 2.06 bits per heavy atom. The van der Waals surface area contributed by atoms with E-state index in [2.05, 4.69) is 15.0 Å². The number of ether oxygens (including phenoxy) is 2. The molecule has 0 spiro atoms. The molecule has 0 aliphatic heterocycles. The summed E-state index contributed by atoms with van der Waals surface area (Å²) in [7, 11) is 0. The molecule has 33 heavy (non-hydrogen) atoms. The maximum Gasteiger partial charge on any atom is 0.387 e. The van der Waals surface area contributed by atoms with Crippen LogP contribution in [0.5, 0.6) is 11.5 Å². The molecule has 170 valence electrons. The number of benzene rings is 2. The third-order valence-electron chi connectivity index (χ3n) is 4.19. The second kappa shape index (κ2) is 9.38. The van der Waals surface area contributed by atoms with Crippen LogP contribution in [0.3, 0.4) is 0 Å². The number of carbonyl (C=O) groups is 1. The molecule has 0 aliphatic carbocycles. The van der Waals surface area contributed by atoms with Crippen LogP contribution in [0.25, 0.3) is 10.2 Å². The second-order valence-corrected chi connectivity index (χ2v) is 7.85. The lowest BCUT2D eigenvalue weighted by Gasteiger charge is -2.06. The summed E-state index contributed by atoms with van der Waals surface area (Å²) >= 11 is 7.07. The summed E-state index contributed by atoms with van der Waals surface area (Å²) in [4.78, 5) is 27.0. The van der Waals surface area contributed by atoms with E-state index in [1.54, 1.807) is 0 Å². The number of nitro groups is 1. The minimum absolute atomic E-state index is 0.0152. The van der Waals surface area contributed by atoms with Crippen LogP contribution < -0.4 is 14.8 Å². The normalized spacial score (nSPS) is 11.0. The van der Waals surface area contributed by atoms with Crippen LogP contribution in [0.15, 0.2) is 52.9 Å². The summed E-state index contributed by atoms with van der Waals surface area (Å²) in [5, 5.41) is 13.9. The van der Waals surface area contributed by atoms with Crippen molar-refractivity contribution in [3.8, 4) is 11.5 Å². The van der Waals surface area contributed by atoms with Crippen LogP contribution in [-0.4, -0.2) is 22.4 Å². The van der Waals surface area contributed by atoms with E-state index in [9.17, 15) is 23.7 Å². The number of anilines is 1. The smallest absolute Gasteiger partial charge is 0.387 e. The van der Waals surface area contributed by atoms with Crippen molar-refractivity contribution in [1.82, 2.24) is 4.98 Å². The maximum atomic E-state index is 12.5. The number of nitrogens with zero attached hydrogens (tertiary/aromatic N) is 2. The predicted octanol–water partition coefficient (Wildman–Crippen LogP) is 5.88. The standard InChI is InChI=1S/C20H12ClF2N3O6S/c21-13-4-1-10(26(28)29)7-16(13)30-9-12-3-6-15(31-12)18(27)25-20-24-14-5-2-11(32-19(22)23)8-17(14)33-20/h1-8,19H,9H2,(H,24,25,27). The highest BCUT2D eigenvalue weighted by molar-refractivity contribution is 7.22. The van der Waals surface area contributed by atoms with E-state index in [0.717, 1.165) is 11.3 Å². The molecule has 0 radical (unpaired) electrons. The van der Waals surface area contributed by atoms with E-state index < -0.39 is 17.4 Å². The van der Waals surface area contributed by atoms with E-state index in [0.29, 0.717) is 10.2 Å². The molecule has 1 N–H and O–H groups in total. The average Bonchev–Trinajstić information content (AvgIpc) is 3.38. The lowest BCUT2D eigenvalue weighted by Crippen LogP contribution is -2.10. The lowest BCUT2D eigenvalue weighted by atomic mass is 10.3. The number of thiazole rings is 1. The molecule has 0 aliphatic rings. The first-order valence-corrected chi connectivity index (χ1v) is 10.3. The minimum Gasteiger partial charge on any atom is -0.484 e. The van der Waals surface area contributed by atoms with E-state index in [1.807, 2.05) is 0 Å². The number of aromatic nitrogens is 1. The Morgan fingerprint density at radius 1 is 1.24 bits per heavy atom. The molecule has 13 heteroatoms. The SMILES string of the molecule is O=C(Nc1nc2ccc(OC(F)F)cc2s1)c1ccc(COc2cc([N+](=O)[O-])ccc2Cl)o1. The number of amides is 1. The summed E-state index contributed by atoms with van der Waals surface area (Å²) in [6.07, 6.45) is 0. The quantitative estimate of drug-likeness (QED) is 0.239. The zero-order chi connectivity index (χ0) is 23.5. The van der Waals surface area contributed by atoms with Gasteiger partial charge in [0.15, 0.2) is 10.9 Å². The molecule has 2 aromatic heterocycles. The Bertz CT molecular complexity index is 1340. The van der Waals surface area contributed by atoms with Gasteiger partial charge < -0.3 is 13.9 Å². The molecular weight excluding hydrogens is 484 g/mol. The van der Waals surface area contributed by atoms with Gasteiger partial charge >= 0.3 is 6.61 Å². The number of rotatable bonds is 8. The molecule has 9 nitrogen and oxygen atoms in total. The predicted molar refractivity (Wildman–Crippen MR) is 115 cm³/mol. The zero-order valence-corrected chi connectivity index (χ0v) is 17.9. The molecule has 0 unspecified atom stereocenters. The molecule has 4 rings (SSSR count). The summed E-state index contributed by atoms with van der Waals surface area (Å²) in [5.74, 6) is -0.255. The second-order valence-electron chi connectivity index (χ2n) is 6.41. The summed E-state index contributed by atoms with van der Waals surface area (Å²) < 4.78 is 40.5. The number of nitro benzene ring substituents is 1. The lowest BCUT2D eigenvalue weighted by molar-refractivity contribution is -0.384. The van der Waals surface area contributed by atoms with Crippen molar-refractivity contribution in [2.75, 3.05) is 5.32 Å². The molecule has 0 atom stereocenters. The molecule has 0 fully saturated rings. The Labute approximate surface area is 192 Å². The number of carbonyl (C=O) groups excluding carboxylic acids is 1. The third kappa shape index (κ3) is 5.35. The fourth-order valence-corrected chi connectivity index (χ4v) is 3.80. The highest BCUT2D eigenvalue weighted by atomic mass is 35.5. The third-order valence-corrected chi connectivity index (χ3v) is 5.43. The van der Waals surface area contributed by atoms with Gasteiger partial charge in [0.1, 0.15) is 23.9 Å². The van der Waals surface area contributed by atoms with Gasteiger partial charge in [0.25, 0.3) is 11.6 Å². The topological polar surface area (TPSA) is 117 Å². The van der Waals surface area contributed by atoms with Gasteiger partial charge in [0.05, 0.1) is 26.2 Å². The number of furan rings is 1. The highest BCUT2D eigenvalue weighted by Crippen LogP contribution is 2.31. The number of fused-ring (bicyclic) bond motifs is 1. The van der Waals surface area contributed by atoms with Gasteiger partial charge in [-0.1, -0.05) is 22.9 Å². The van der Waals surface area contributed by atoms with E-state index in [-0.39, 0.29) is 45.5 Å². The molecule has 0 saturated carbocycles. The van der Waals surface area contributed by atoms with Crippen molar-refractivity contribution in [2.45, 2.75) is 13.2 Å². The van der Waals surface area contributed by atoms with Gasteiger partial charge in [-0.25, -0.2) is 4.98 Å². The molecule has 0 bridgehead atoms. The zero-order valence-electron chi connectivity index (χ0n) is 16.3. The Balaban J connectivity index is 1.41. The first-order chi connectivity index (χ1) is 15.8. The molecule has 2 heterocycles. The highest BCUT2D eigenvalue weighted by Gasteiger charge is 2.16. The Kier molecular flexibility index (Phi) is 6.38. The van der Waals surface area contributed by atoms with Crippen LogP contribution in [-0.2, 0) is 6.61 Å². The van der Waals surface area contributed by atoms with Crippen LogP contribution in [0.4, 0.5) is 19.6 Å². The van der Waals surface area contributed by atoms with Gasteiger partial charge in [0.2, 0.25) is 0 Å². The number of alkyl halides is 2. The molecule has 0 saturated heterocycles. The first-order valence-electron chi connectivity index (χ1n) is 9.10. The monoisotopic (exact) mass is 495 g/mol. The molecule has 4 aromatic rings. The average molecular weight is 496 g/mol. The molecule has 2 aromatic carbocycles. The van der Waals surface area contributed by atoms with E-state index >= 15 is 0 Å². The van der Waals surface area contributed by atoms with Gasteiger partial charge in [-0.3, -0.25) is 20.2 Å². The van der Waals surface area contributed by atoms with Crippen molar-refractivity contribution in [2.24, 2.45) is 0 Å². The number of halogens is 3. The minimum atomic E-state index is -2.94. The largest absolute Gasteiger partial charge is 0.484 e. The number of non-ortho nitro benzene ring substituents is 1. The van der Waals surface area contributed by atoms with Crippen LogP contribution in [0, 0.1) is 10.1 Å². The fraction of sp³-hybridized carbons (Fsp3) is 0.100. The van der Waals surface area contributed by atoms with Crippen LogP contribution in [0.1, 0.15) is 16.3 Å². The Morgan fingerprint density at radius 3 is 2.82 bits per heavy atom. The van der Waals surface area contributed by atoms with Crippen molar-refractivity contribution in [1.29, 1.82) is 0 Å². The van der Waals surface area contributed by atoms with Gasteiger partial charge in [-0.2, -0.15) is 8.78 Å². The molecule has 1 amide bonds. The Hall–Kier alpha value is -3.77. The number of hydrogen-bond donors (Lipinski definition) is 1. The molecular formula is C20H12ClF2N3O6S. The number of nitrogens with one attached hydrogen (secondary N) is 1. The number of hydrogen-bond acceptors (Lipinski definition) is 8. The van der Waals surface area contributed by atoms with Crippen LogP contribution >= 0.6 is 22.9 Å². The van der Waals surface area contributed by atoms with E-state index in [1.165, 1.54) is 48.5 Å². The fourth-order valence-electron chi connectivity index (χ4n) is 2.74. The van der Waals surface area contributed by atoms with Gasteiger partial charge in [-0.15, -0.1) is 0 Å². The van der Waals surface area contributed by atoms with Crippen molar-refractivity contribution < 1.29 is 32.4 Å². The van der Waals surface area contributed by atoms with Crippen molar-refractivity contribution >= 4 is 49.9 Å². The summed E-state index contributed by atoms with van der Waals surface area (Å²) in [6, 6.07) is 11.0. The van der Waals surface area contributed by atoms with Crippen LogP contribution in [0.2, 0.25) is 5.02 Å². The van der Waals surface area contributed by atoms with Crippen molar-refractivity contribution in [3.05, 3.63) is 75.2 Å². The van der Waals surface area contributed by atoms with Crippen molar-refractivity contribution in [3.63, 3.8) is 0 Å². The summed E-state index contributed by atoms with van der Waals surface area (Å²) in [5.41, 5.74) is 0.317. The van der Waals surface area contributed by atoms with E-state index in [4.69, 9.17) is 20.8 Å².